The Morgan fingerprint density at radius 2 is 1.64 bits per heavy atom. The predicted molar refractivity (Wildman–Crippen MR) is 86.6 cm³/mol. The van der Waals surface area contributed by atoms with Crippen molar-refractivity contribution in [2.24, 2.45) is 0 Å². The number of benzene rings is 2. The second-order valence-electron chi connectivity index (χ2n) is 4.79. The van der Waals surface area contributed by atoms with Gasteiger partial charge in [0.2, 0.25) is 0 Å². The van der Waals surface area contributed by atoms with E-state index in [-0.39, 0.29) is 15.7 Å². The van der Waals surface area contributed by atoms with Gasteiger partial charge in [-0.15, -0.1) is 0 Å². The van der Waals surface area contributed by atoms with E-state index in [1.807, 2.05) is 0 Å². The van der Waals surface area contributed by atoms with E-state index in [1.165, 1.54) is 12.1 Å². The van der Waals surface area contributed by atoms with Gasteiger partial charge in [0.05, 0.1) is 21.0 Å². The molecule has 7 heteroatoms. The molecule has 0 aliphatic carbocycles. The zero-order valence-corrected chi connectivity index (χ0v) is 13.6. The number of nitro groups is 1. The highest BCUT2D eigenvalue weighted by Gasteiger charge is 2.34. The molecule has 1 atom stereocenters. The van der Waals surface area contributed by atoms with Gasteiger partial charge in [-0.05, 0) is 24.6 Å². The molecule has 0 radical (unpaired) electrons. The lowest BCUT2D eigenvalue weighted by Gasteiger charge is -2.25. The fourth-order valence-corrected chi connectivity index (χ4v) is 3.17. The third-order valence-corrected chi connectivity index (χ3v) is 4.23. The molecule has 0 aliphatic heterocycles. The monoisotopic (exact) mass is 354 g/mol. The standard InChI is InChI=1S/C15H9Cl3N2O2/c1-15(8-19,9-2-4-10(16)5-3-9)14-12(17)6-11(20(21)22)7-13(14)18/h2-7H,1H3. The molecule has 0 heterocycles. The minimum absolute atomic E-state index is 0.0678. The maximum absolute atomic E-state index is 10.9. The first-order valence-corrected chi connectivity index (χ1v) is 7.24. The van der Waals surface area contributed by atoms with Crippen LogP contribution in [0.3, 0.4) is 0 Å². The molecular formula is C15H9Cl3N2O2. The summed E-state index contributed by atoms with van der Waals surface area (Å²) in [6.07, 6.45) is 0. The molecule has 0 aromatic heterocycles. The fraction of sp³-hybridized carbons (Fsp3) is 0.133. The van der Waals surface area contributed by atoms with E-state index in [0.717, 1.165) is 0 Å². The first-order valence-electron chi connectivity index (χ1n) is 6.11. The van der Waals surface area contributed by atoms with Crippen LogP contribution in [0.25, 0.3) is 0 Å². The zero-order chi connectivity index (χ0) is 16.5. The van der Waals surface area contributed by atoms with Crippen molar-refractivity contribution in [2.45, 2.75) is 12.3 Å². The van der Waals surface area contributed by atoms with Gasteiger partial charge in [0, 0.05) is 22.7 Å². The van der Waals surface area contributed by atoms with Crippen LogP contribution in [0.15, 0.2) is 36.4 Å². The highest BCUT2D eigenvalue weighted by atomic mass is 35.5. The highest BCUT2D eigenvalue weighted by Crippen LogP contribution is 2.42. The van der Waals surface area contributed by atoms with Crippen LogP contribution in [0.5, 0.6) is 0 Å². The second kappa shape index (κ2) is 6.13. The minimum atomic E-state index is -1.16. The Bertz CT molecular complexity index is 761. The minimum Gasteiger partial charge on any atom is -0.258 e. The summed E-state index contributed by atoms with van der Waals surface area (Å²) >= 11 is 18.2. The molecule has 2 aromatic rings. The third kappa shape index (κ3) is 2.89. The Morgan fingerprint density at radius 3 is 2.05 bits per heavy atom. The summed E-state index contributed by atoms with van der Waals surface area (Å²) in [4.78, 5) is 10.3. The Hall–Kier alpha value is -1.80. The molecule has 2 aromatic carbocycles. The molecule has 0 saturated carbocycles. The SMILES string of the molecule is CC(C#N)(c1ccc(Cl)cc1)c1c(Cl)cc([N+](=O)[O-])cc1Cl. The zero-order valence-electron chi connectivity index (χ0n) is 11.3. The molecule has 22 heavy (non-hydrogen) atoms. The van der Waals surface area contributed by atoms with Crippen LogP contribution in [-0.2, 0) is 5.41 Å². The molecular weight excluding hydrogens is 347 g/mol. The number of nitro benzene ring substituents is 1. The largest absolute Gasteiger partial charge is 0.272 e. The molecule has 0 N–H and O–H groups in total. The van der Waals surface area contributed by atoms with Crippen LogP contribution in [0, 0.1) is 21.4 Å². The van der Waals surface area contributed by atoms with E-state index in [1.54, 1.807) is 31.2 Å². The second-order valence-corrected chi connectivity index (χ2v) is 6.04. The van der Waals surface area contributed by atoms with Crippen molar-refractivity contribution in [2.75, 3.05) is 0 Å². The lowest BCUT2D eigenvalue weighted by atomic mass is 9.77. The summed E-state index contributed by atoms with van der Waals surface area (Å²) < 4.78 is 0. The number of non-ortho nitro benzene ring substituents is 1. The number of halogens is 3. The molecule has 112 valence electrons. The predicted octanol–water partition coefficient (Wildman–Crippen LogP) is 5.38. The van der Waals surface area contributed by atoms with Crippen molar-refractivity contribution in [3.05, 3.63) is 72.7 Å². The fourth-order valence-electron chi connectivity index (χ4n) is 2.19. The van der Waals surface area contributed by atoms with E-state index in [0.29, 0.717) is 16.1 Å². The Labute approximate surface area is 142 Å². The van der Waals surface area contributed by atoms with Crippen molar-refractivity contribution in [3.63, 3.8) is 0 Å². The lowest BCUT2D eigenvalue weighted by molar-refractivity contribution is -0.384. The molecule has 0 aliphatic rings. The Kier molecular flexibility index (Phi) is 4.62. The van der Waals surface area contributed by atoms with Gasteiger partial charge in [-0.2, -0.15) is 5.26 Å². The highest BCUT2D eigenvalue weighted by molar-refractivity contribution is 6.36. The van der Waals surface area contributed by atoms with Crippen LogP contribution < -0.4 is 0 Å². The summed E-state index contributed by atoms with van der Waals surface area (Å²) in [7, 11) is 0. The van der Waals surface area contributed by atoms with Gasteiger partial charge in [0.1, 0.15) is 5.41 Å². The summed E-state index contributed by atoms with van der Waals surface area (Å²) in [5.41, 5.74) is -0.424. The van der Waals surface area contributed by atoms with Crippen LogP contribution in [0.2, 0.25) is 15.1 Å². The summed E-state index contributed by atoms with van der Waals surface area (Å²) in [5, 5.41) is 21.2. The molecule has 0 amide bonds. The van der Waals surface area contributed by atoms with E-state index >= 15 is 0 Å². The van der Waals surface area contributed by atoms with Crippen molar-refractivity contribution < 1.29 is 4.92 Å². The summed E-state index contributed by atoms with van der Waals surface area (Å²) in [6.45, 7) is 1.65. The smallest absolute Gasteiger partial charge is 0.258 e. The third-order valence-electron chi connectivity index (χ3n) is 3.38. The first-order chi connectivity index (χ1) is 10.3. The molecule has 2 rings (SSSR count). The average molecular weight is 356 g/mol. The first kappa shape index (κ1) is 16.6. The number of hydrogen-bond acceptors (Lipinski definition) is 3. The molecule has 0 fully saturated rings. The Morgan fingerprint density at radius 1 is 1.14 bits per heavy atom. The summed E-state index contributed by atoms with van der Waals surface area (Å²) in [6, 6.07) is 11.2. The molecule has 0 bridgehead atoms. The number of hydrogen-bond donors (Lipinski definition) is 0. The number of rotatable bonds is 3. The normalized spacial score (nSPS) is 13.2. The lowest BCUT2D eigenvalue weighted by Crippen LogP contribution is -2.22. The van der Waals surface area contributed by atoms with Gasteiger partial charge in [-0.3, -0.25) is 10.1 Å². The van der Waals surface area contributed by atoms with E-state index in [4.69, 9.17) is 34.8 Å². The molecule has 0 spiro atoms. The van der Waals surface area contributed by atoms with Crippen molar-refractivity contribution in [3.8, 4) is 6.07 Å². The van der Waals surface area contributed by atoms with Crippen molar-refractivity contribution >= 4 is 40.5 Å². The number of nitriles is 1. The molecule has 0 saturated heterocycles. The van der Waals surface area contributed by atoms with E-state index in [2.05, 4.69) is 6.07 Å². The topological polar surface area (TPSA) is 66.9 Å². The van der Waals surface area contributed by atoms with Crippen molar-refractivity contribution in [1.82, 2.24) is 0 Å². The Balaban J connectivity index is 2.69. The van der Waals surface area contributed by atoms with Crippen LogP contribution in [0.1, 0.15) is 18.1 Å². The number of nitrogens with zero attached hydrogens (tertiary/aromatic N) is 2. The maximum Gasteiger partial charge on any atom is 0.272 e. The van der Waals surface area contributed by atoms with E-state index in [9.17, 15) is 15.4 Å². The average Bonchev–Trinajstić information content (AvgIpc) is 2.46. The van der Waals surface area contributed by atoms with Gasteiger partial charge < -0.3 is 0 Å². The van der Waals surface area contributed by atoms with Gasteiger partial charge in [0.25, 0.3) is 5.69 Å². The van der Waals surface area contributed by atoms with Crippen molar-refractivity contribution in [1.29, 1.82) is 5.26 Å². The van der Waals surface area contributed by atoms with Crippen LogP contribution in [-0.4, -0.2) is 4.92 Å². The molecule has 1 unspecified atom stereocenters. The van der Waals surface area contributed by atoms with Gasteiger partial charge in [-0.25, -0.2) is 0 Å². The van der Waals surface area contributed by atoms with Gasteiger partial charge >= 0.3 is 0 Å². The molecule has 4 nitrogen and oxygen atoms in total. The van der Waals surface area contributed by atoms with Crippen LogP contribution >= 0.6 is 34.8 Å². The summed E-state index contributed by atoms with van der Waals surface area (Å²) in [5.74, 6) is 0. The maximum atomic E-state index is 10.9. The quantitative estimate of drug-likeness (QED) is 0.548. The van der Waals surface area contributed by atoms with E-state index < -0.39 is 10.3 Å². The van der Waals surface area contributed by atoms with Gasteiger partial charge in [-0.1, -0.05) is 46.9 Å². The van der Waals surface area contributed by atoms with Crippen LogP contribution in [0.4, 0.5) is 5.69 Å². The van der Waals surface area contributed by atoms with Gasteiger partial charge in [0.15, 0.2) is 0 Å².